The fraction of sp³-hybridized carbons (Fsp3) is 0.263. The Labute approximate surface area is 171 Å². The maximum atomic E-state index is 12.5. The van der Waals surface area contributed by atoms with E-state index in [1.165, 1.54) is 11.0 Å². The fourth-order valence-electron chi connectivity index (χ4n) is 2.60. The van der Waals surface area contributed by atoms with Crippen molar-refractivity contribution >= 4 is 27.5 Å². The van der Waals surface area contributed by atoms with Crippen LogP contribution in [0.1, 0.15) is 19.4 Å². The van der Waals surface area contributed by atoms with Gasteiger partial charge in [-0.05, 0) is 66.2 Å². The van der Waals surface area contributed by atoms with Gasteiger partial charge in [-0.2, -0.15) is 0 Å². The zero-order valence-corrected chi connectivity index (χ0v) is 17.1. The van der Waals surface area contributed by atoms with E-state index in [9.17, 15) is 4.79 Å². The van der Waals surface area contributed by atoms with Crippen molar-refractivity contribution in [3.05, 3.63) is 52.8 Å². The van der Waals surface area contributed by atoms with Gasteiger partial charge >= 0.3 is 0 Å². The molecule has 0 bridgehead atoms. The molecule has 3 rings (SSSR count). The number of carbonyl (C=O) groups excluding carboxylic acids is 1. The van der Waals surface area contributed by atoms with Gasteiger partial charge in [-0.1, -0.05) is 15.9 Å². The van der Waals surface area contributed by atoms with E-state index in [1.807, 2.05) is 38.1 Å². The van der Waals surface area contributed by atoms with Gasteiger partial charge in [-0.25, -0.2) is 4.68 Å². The average molecular weight is 446 g/mol. The fourth-order valence-corrected chi connectivity index (χ4v) is 3.07. The molecule has 0 unspecified atom stereocenters. The molecule has 0 aliphatic rings. The number of hydrogen-bond acceptors (Lipinski definition) is 6. The lowest BCUT2D eigenvalue weighted by Crippen LogP contribution is -2.15. The molecule has 28 heavy (non-hydrogen) atoms. The first-order chi connectivity index (χ1) is 13.6. The van der Waals surface area contributed by atoms with Crippen molar-refractivity contribution in [1.82, 2.24) is 20.2 Å². The Hall–Kier alpha value is -2.94. The second kappa shape index (κ2) is 9.32. The molecule has 1 amide bonds. The van der Waals surface area contributed by atoms with E-state index in [1.54, 1.807) is 12.1 Å². The summed E-state index contributed by atoms with van der Waals surface area (Å²) in [6.07, 6.45) is 1.70. The lowest BCUT2D eigenvalue weighted by molar-refractivity contribution is -0.115. The van der Waals surface area contributed by atoms with E-state index < -0.39 is 0 Å². The Morgan fingerprint density at radius 2 is 1.79 bits per heavy atom. The number of benzene rings is 2. The molecule has 2 aromatic carbocycles. The van der Waals surface area contributed by atoms with Crippen LogP contribution in [0.15, 0.2) is 47.2 Å². The quantitative estimate of drug-likeness (QED) is 0.571. The molecule has 0 saturated carbocycles. The van der Waals surface area contributed by atoms with E-state index in [4.69, 9.17) is 9.47 Å². The smallest absolute Gasteiger partial charge is 0.228 e. The summed E-state index contributed by atoms with van der Waals surface area (Å²) in [5.74, 6) is 1.14. The lowest BCUT2D eigenvalue weighted by atomic mass is 10.1. The summed E-state index contributed by atoms with van der Waals surface area (Å²) < 4.78 is 13.6. The van der Waals surface area contributed by atoms with Crippen molar-refractivity contribution in [1.29, 1.82) is 0 Å². The average Bonchev–Trinajstić information content (AvgIpc) is 3.21. The van der Waals surface area contributed by atoms with Gasteiger partial charge in [-0.3, -0.25) is 4.79 Å². The van der Waals surface area contributed by atoms with E-state index in [2.05, 4.69) is 36.8 Å². The number of aromatic nitrogens is 4. The molecular weight excluding hydrogens is 426 g/mol. The van der Waals surface area contributed by atoms with Crippen molar-refractivity contribution in [2.45, 2.75) is 20.3 Å². The summed E-state index contributed by atoms with van der Waals surface area (Å²) in [5, 5.41) is 13.9. The van der Waals surface area contributed by atoms with Gasteiger partial charge in [0.05, 0.1) is 25.3 Å². The summed E-state index contributed by atoms with van der Waals surface area (Å²) in [7, 11) is 0. The highest BCUT2D eigenvalue weighted by atomic mass is 79.9. The van der Waals surface area contributed by atoms with E-state index in [-0.39, 0.29) is 12.3 Å². The van der Waals surface area contributed by atoms with Gasteiger partial charge in [0.25, 0.3) is 0 Å². The summed E-state index contributed by atoms with van der Waals surface area (Å²) in [5.41, 5.74) is 2.31. The maximum Gasteiger partial charge on any atom is 0.228 e. The Kier molecular flexibility index (Phi) is 6.59. The van der Waals surface area contributed by atoms with E-state index in [0.717, 1.165) is 15.7 Å². The van der Waals surface area contributed by atoms with Crippen molar-refractivity contribution in [2.24, 2.45) is 0 Å². The number of hydrogen-bond donors (Lipinski definition) is 1. The Balaban J connectivity index is 1.69. The van der Waals surface area contributed by atoms with Gasteiger partial charge in [0.2, 0.25) is 5.91 Å². The van der Waals surface area contributed by atoms with Crippen molar-refractivity contribution in [2.75, 3.05) is 18.5 Å². The predicted octanol–water partition coefficient (Wildman–Crippen LogP) is 3.40. The second-order valence-electron chi connectivity index (χ2n) is 5.78. The van der Waals surface area contributed by atoms with Crippen LogP contribution in [0.25, 0.3) is 5.69 Å². The third-order valence-electron chi connectivity index (χ3n) is 3.83. The topological polar surface area (TPSA) is 91.2 Å². The molecule has 0 aliphatic carbocycles. The highest BCUT2D eigenvalue weighted by molar-refractivity contribution is 9.10. The molecule has 8 nitrogen and oxygen atoms in total. The third-order valence-corrected chi connectivity index (χ3v) is 4.57. The standard InChI is InChI=1S/C19H20BrN5O3/c1-3-27-17-9-13(16(20)11-18(17)28-4-2)10-19(26)22-14-5-7-15(8-6-14)25-12-21-23-24-25/h5-9,11-12H,3-4,10H2,1-2H3,(H,22,26). The number of carbonyl (C=O) groups is 1. The molecule has 3 aromatic rings. The van der Waals surface area contributed by atoms with Crippen LogP contribution in [0, 0.1) is 0 Å². The SMILES string of the molecule is CCOc1cc(Br)c(CC(=O)Nc2ccc(-n3cnnn3)cc2)cc1OCC. The van der Waals surface area contributed by atoms with E-state index >= 15 is 0 Å². The largest absolute Gasteiger partial charge is 0.490 e. The minimum atomic E-state index is -0.137. The molecule has 1 heterocycles. The van der Waals surface area contributed by atoms with Crippen molar-refractivity contribution in [3.63, 3.8) is 0 Å². The van der Waals surface area contributed by atoms with Gasteiger partial charge in [0.15, 0.2) is 11.5 Å². The lowest BCUT2D eigenvalue weighted by Gasteiger charge is -2.14. The molecule has 0 radical (unpaired) electrons. The molecule has 1 N–H and O–H groups in total. The number of rotatable bonds is 8. The van der Waals surface area contributed by atoms with Crippen LogP contribution in [0.5, 0.6) is 11.5 Å². The van der Waals surface area contributed by atoms with Gasteiger partial charge < -0.3 is 14.8 Å². The van der Waals surface area contributed by atoms with Crippen molar-refractivity contribution < 1.29 is 14.3 Å². The van der Waals surface area contributed by atoms with Crippen LogP contribution < -0.4 is 14.8 Å². The number of ether oxygens (including phenoxy) is 2. The zero-order valence-electron chi connectivity index (χ0n) is 15.6. The normalized spacial score (nSPS) is 10.5. The molecule has 0 saturated heterocycles. The summed E-state index contributed by atoms with van der Waals surface area (Å²) in [6.45, 7) is 4.87. The highest BCUT2D eigenvalue weighted by Crippen LogP contribution is 2.34. The predicted molar refractivity (Wildman–Crippen MR) is 108 cm³/mol. The number of nitrogens with zero attached hydrogens (tertiary/aromatic N) is 4. The van der Waals surface area contributed by atoms with Crippen LogP contribution in [0.2, 0.25) is 0 Å². The molecule has 0 fully saturated rings. The van der Waals surface area contributed by atoms with Crippen LogP contribution in [0.4, 0.5) is 5.69 Å². The Bertz CT molecular complexity index is 929. The Morgan fingerprint density at radius 3 is 2.39 bits per heavy atom. The van der Waals surface area contributed by atoms with Crippen LogP contribution in [0.3, 0.4) is 0 Å². The Morgan fingerprint density at radius 1 is 1.11 bits per heavy atom. The first-order valence-corrected chi connectivity index (χ1v) is 9.61. The highest BCUT2D eigenvalue weighted by Gasteiger charge is 2.14. The van der Waals surface area contributed by atoms with Crippen molar-refractivity contribution in [3.8, 4) is 17.2 Å². The first kappa shape index (κ1) is 19.8. The van der Waals surface area contributed by atoms with Crippen LogP contribution in [-0.4, -0.2) is 39.3 Å². The van der Waals surface area contributed by atoms with E-state index in [0.29, 0.717) is 30.4 Å². The van der Waals surface area contributed by atoms with Gasteiger partial charge in [0.1, 0.15) is 6.33 Å². The number of anilines is 1. The second-order valence-corrected chi connectivity index (χ2v) is 6.64. The third kappa shape index (κ3) is 4.86. The molecule has 0 atom stereocenters. The van der Waals surface area contributed by atoms with Crippen LogP contribution in [-0.2, 0) is 11.2 Å². The van der Waals surface area contributed by atoms with Gasteiger partial charge in [-0.15, -0.1) is 5.10 Å². The number of nitrogens with one attached hydrogen (secondary N) is 1. The minimum absolute atomic E-state index is 0.137. The summed E-state index contributed by atoms with van der Waals surface area (Å²) in [4.78, 5) is 12.5. The van der Waals surface area contributed by atoms with Gasteiger partial charge in [0, 0.05) is 10.2 Å². The minimum Gasteiger partial charge on any atom is -0.490 e. The first-order valence-electron chi connectivity index (χ1n) is 8.82. The molecule has 1 aromatic heterocycles. The molecule has 9 heteroatoms. The molecule has 0 aliphatic heterocycles. The molecular formula is C19H20BrN5O3. The summed E-state index contributed by atoms with van der Waals surface area (Å²) in [6, 6.07) is 10.9. The maximum absolute atomic E-state index is 12.5. The number of tetrazole rings is 1. The number of amides is 1. The monoisotopic (exact) mass is 445 g/mol. The van der Waals surface area contributed by atoms with Crippen LogP contribution >= 0.6 is 15.9 Å². The summed E-state index contributed by atoms with van der Waals surface area (Å²) >= 11 is 3.51. The number of halogens is 1. The molecule has 146 valence electrons. The zero-order chi connectivity index (χ0) is 19.9. The molecule has 0 spiro atoms.